The minimum atomic E-state index is -0.889. The summed E-state index contributed by atoms with van der Waals surface area (Å²) < 4.78 is 0. The van der Waals surface area contributed by atoms with Crippen LogP contribution in [0.1, 0.15) is 61.3 Å². The molecule has 1 saturated carbocycles. The molecule has 1 atom stereocenters. The van der Waals surface area contributed by atoms with E-state index in [1.165, 1.54) is 0 Å². The number of halogens is 1. The van der Waals surface area contributed by atoms with Gasteiger partial charge in [0.15, 0.2) is 0 Å². The first-order valence-corrected chi connectivity index (χ1v) is 10.8. The third-order valence-electron chi connectivity index (χ3n) is 6.13. The first-order valence-electron chi connectivity index (χ1n) is 10.5. The van der Waals surface area contributed by atoms with Gasteiger partial charge >= 0.3 is 0 Å². The molecule has 2 N–H and O–H groups in total. The molecule has 1 spiro atoms. The third kappa shape index (κ3) is 3.74. The van der Waals surface area contributed by atoms with E-state index in [0.29, 0.717) is 16.3 Å². The van der Waals surface area contributed by atoms with Crippen molar-refractivity contribution >= 4 is 29.1 Å². The predicted molar refractivity (Wildman–Crippen MR) is 118 cm³/mol. The van der Waals surface area contributed by atoms with Crippen LogP contribution >= 0.6 is 11.6 Å². The Morgan fingerprint density at radius 1 is 1.03 bits per heavy atom. The highest BCUT2D eigenvalue weighted by molar-refractivity contribution is 6.47. The summed E-state index contributed by atoms with van der Waals surface area (Å²) in [6.45, 7) is 2.00. The second-order valence-corrected chi connectivity index (χ2v) is 8.69. The number of rotatable bonds is 4. The van der Waals surface area contributed by atoms with E-state index in [1.54, 1.807) is 29.2 Å². The highest BCUT2D eigenvalue weighted by atomic mass is 35.5. The number of aryl methyl sites for hydroxylation is 1. The molecular formula is C24H26ClN3O2. The Bertz CT molecular complexity index is 975. The van der Waals surface area contributed by atoms with E-state index < -0.39 is 17.6 Å². The van der Waals surface area contributed by atoms with E-state index in [1.807, 2.05) is 31.2 Å². The van der Waals surface area contributed by atoms with Gasteiger partial charge in [0.05, 0.1) is 0 Å². The average Bonchev–Trinajstić information content (AvgIpc) is 2.86. The minimum absolute atomic E-state index is 0.237. The molecule has 30 heavy (non-hydrogen) atoms. The van der Waals surface area contributed by atoms with Gasteiger partial charge in [-0.2, -0.15) is 0 Å². The molecule has 1 heterocycles. The number of hydrogen-bond donors (Lipinski definition) is 1. The second-order valence-electron chi connectivity index (χ2n) is 8.25. The zero-order chi connectivity index (χ0) is 21.3. The van der Waals surface area contributed by atoms with Crippen molar-refractivity contribution in [3.05, 3.63) is 70.2 Å². The number of carbonyl (C=O) groups is 2. The van der Waals surface area contributed by atoms with Gasteiger partial charge in [-0.3, -0.25) is 19.5 Å². The number of carbonyl (C=O) groups excluding carboxylic acids is 2. The lowest BCUT2D eigenvalue weighted by Gasteiger charge is -2.40. The SMILES string of the molecule is Cc1ccc(C2=NC3(CCCCCC3)N(C(C(N)=O)c3ccc(Cl)cc3)C2=O)cc1. The van der Waals surface area contributed by atoms with Gasteiger partial charge in [0.2, 0.25) is 5.91 Å². The van der Waals surface area contributed by atoms with Crippen molar-refractivity contribution in [1.29, 1.82) is 0 Å². The number of nitrogens with zero attached hydrogens (tertiary/aromatic N) is 2. The van der Waals surface area contributed by atoms with Crippen LogP contribution in [0.15, 0.2) is 53.5 Å². The number of aliphatic imine (C=N–C) groups is 1. The summed E-state index contributed by atoms with van der Waals surface area (Å²) >= 11 is 6.04. The quantitative estimate of drug-likeness (QED) is 0.782. The van der Waals surface area contributed by atoms with Crippen molar-refractivity contribution < 1.29 is 9.59 Å². The summed E-state index contributed by atoms with van der Waals surface area (Å²) in [4.78, 5) is 33.0. The van der Waals surface area contributed by atoms with Crippen LogP contribution < -0.4 is 5.73 Å². The van der Waals surface area contributed by atoms with E-state index in [-0.39, 0.29) is 5.91 Å². The summed E-state index contributed by atoms with van der Waals surface area (Å²) in [5.74, 6) is -0.797. The van der Waals surface area contributed by atoms with Gasteiger partial charge in [-0.15, -0.1) is 0 Å². The van der Waals surface area contributed by atoms with Crippen molar-refractivity contribution in [1.82, 2.24) is 4.90 Å². The summed E-state index contributed by atoms with van der Waals surface area (Å²) in [6, 6.07) is 13.8. The van der Waals surface area contributed by atoms with Crippen molar-refractivity contribution in [3.63, 3.8) is 0 Å². The Balaban J connectivity index is 1.83. The van der Waals surface area contributed by atoms with Crippen molar-refractivity contribution in [2.24, 2.45) is 10.7 Å². The fourth-order valence-corrected chi connectivity index (χ4v) is 4.73. The average molecular weight is 424 g/mol. The fourth-order valence-electron chi connectivity index (χ4n) is 4.60. The lowest BCUT2D eigenvalue weighted by Crippen LogP contribution is -2.52. The molecule has 6 heteroatoms. The molecule has 2 aliphatic rings. The maximum absolute atomic E-state index is 13.7. The maximum atomic E-state index is 13.7. The Morgan fingerprint density at radius 3 is 2.20 bits per heavy atom. The number of nitrogens with two attached hydrogens (primary N) is 1. The molecule has 156 valence electrons. The standard InChI is InChI=1S/C24H26ClN3O2/c1-16-6-8-17(9-7-16)20-23(30)28(24(27-20)14-4-2-3-5-15-24)21(22(26)29)18-10-12-19(25)13-11-18/h6-13,21H,2-5,14-15H2,1H3,(H2,26,29). The van der Waals surface area contributed by atoms with Gasteiger partial charge in [-0.25, -0.2) is 0 Å². The largest absolute Gasteiger partial charge is 0.368 e. The summed E-state index contributed by atoms with van der Waals surface area (Å²) in [5.41, 5.74) is 8.08. The lowest BCUT2D eigenvalue weighted by molar-refractivity contribution is -0.140. The van der Waals surface area contributed by atoms with Crippen LogP contribution in [0.5, 0.6) is 0 Å². The van der Waals surface area contributed by atoms with E-state index in [9.17, 15) is 9.59 Å². The lowest BCUT2D eigenvalue weighted by atomic mass is 9.94. The van der Waals surface area contributed by atoms with Crippen LogP contribution in [0.3, 0.4) is 0 Å². The summed E-state index contributed by atoms with van der Waals surface area (Å²) in [7, 11) is 0. The summed E-state index contributed by atoms with van der Waals surface area (Å²) in [5, 5.41) is 0.565. The van der Waals surface area contributed by atoms with Crippen LogP contribution in [0.2, 0.25) is 5.02 Å². The Morgan fingerprint density at radius 2 is 1.63 bits per heavy atom. The first-order chi connectivity index (χ1) is 14.4. The van der Waals surface area contributed by atoms with E-state index in [4.69, 9.17) is 22.3 Å². The predicted octanol–water partition coefficient (Wildman–Crippen LogP) is 4.56. The molecule has 1 unspecified atom stereocenters. The van der Waals surface area contributed by atoms with Crippen molar-refractivity contribution in [2.75, 3.05) is 0 Å². The number of benzene rings is 2. The Kier molecular flexibility index (Phi) is 5.65. The smallest absolute Gasteiger partial charge is 0.275 e. The molecule has 2 aromatic carbocycles. The van der Waals surface area contributed by atoms with Crippen molar-refractivity contribution in [2.45, 2.75) is 57.2 Å². The number of hydrogen-bond acceptors (Lipinski definition) is 3. The summed E-state index contributed by atoms with van der Waals surface area (Å²) in [6.07, 6.45) is 5.57. The van der Waals surface area contributed by atoms with Crippen LogP contribution in [0.25, 0.3) is 0 Å². The monoisotopic (exact) mass is 423 g/mol. The molecule has 0 aromatic heterocycles. The molecule has 2 amide bonds. The zero-order valence-corrected chi connectivity index (χ0v) is 17.9. The molecule has 0 bridgehead atoms. The Hall–Kier alpha value is -2.66. The van der Waals surface area contributed by atoms with Gasteiger partial charge in [-0.05, 0) is 50.3 Å². The number of amides is 2. The van der Waals surface area contributed by atoms with Gasteiger partial charge in [0.1, 0.15) is 17.4 Å². The van der Waals surface area contributed by atoms with Gasteiger partial charge in [0.25, 0.3) is 5.91 Å². The first kappa shape index (κ1) is 20.6. The highest BCUT2D eigenvalue weighted by Gasteiger charge is 2.51. The topological polar surface area (TPSA) is 75.8 Å². The van der Waals surface area contributed by atoms with Crippen LogP contribution in [-0.2, 0) is 9.59 Å². The molecule has 5 nitrogen and oxygen atoms in total. The molecule has 0 radical (unpaired) electrons. The maximum Gasteiger partial charge on any atom is 0.275 e. The zero-order valence-electron chi connectivity index (χ0n) is 17.1. The molecule has 0 saturated heterocycles. The van der Waals surface area contributed by atoms with Crippen LogP contribution in [0.4, 0.5) is 0 Å². The molecule has 1 aliphatic heterocycles. The van der Waals surface area contributed by atoms with Gasteiger partial charge in [-0.1, -0.05) is 66.4 Å². The second kappa shape index (κ2) is 8.23. The van der Waals surface area contributed by atoms with Crippen molar-refractivity contribution in [3.8, 4) is 0 Å². The molecule has 4 rings (SSSR count). The van der Waals surface area contributed by atoms with Crippen LogP contribution in [0, 0.1) is 6.92 Å². The molecule has 2 aromatic rings. The number of primary amides is 1. The van der Waals surface area contributed by atoms with E-state index in [0.717, 1.165) is 49.7 Å². The van der Waals surface area contributed by atoms with Gasteiger partial charge in [0, 0.05) is 10.6 Å². The van der Waals surface area contributed by atoms with Crippen LogP contribution in [-0.4, -0.2) is 28.1 Å². The van der Waals surface area contributed by atoms with E-state index in [2.05, 4.69) is 0 Å². The highest BCUT2D eigenvalue weighted by Crippen LogP contribution is 2.43. The molecular weight excluding hydrogens is 398 g/mol. The molecule has 1 aliphatic carbocycles. The normalized spacial score (nSPS) is 19.5. The minimum Gasteiger partial charge on any atom is -0.368 e. The van der Waals surface area contributed by atoms with E-state index >= 15 is 0 Å². The third-order valence-corrected chi connectivity index (χ3v) is 6.38. The van der Waals surface area contributed by atoms with Gasteiger partial charge < -0.3 is 5.73 Å². The fraction of sp³-hybridized carbons (Fsp3) is 0.375. The molecule has 1 fully saturated rings. The Labute approximate surface area is 181 Å².